The minimum Gasteiger partial charge on any atom is -0.383 e. The van der Waals surface area contributed by atoms with Crippen molar-refractivity contribution >= 4 is 28.3 Å². The van der Waals surface area contributed by atoms with E-state index in [1.54, 1.807) is 41.0 Å². The molecule has 0 spiro atoms. The summed E-state index contributed by atoms with van der Waals surface area (Å²) in [5.41, 5.74) is -0.715. The van der Waals surface area contributed by atoms with Crippen molar-refractivity contribution in [3.63, 3.8) is 0 Å². The second-order valence-corrected chi connectivity index (χ2v) is 10.4. The molecule has 0 aliphatic rings. The minimum absolute atomic E-state index is 0.117. The summed E-state index contributed by atoms with van der Waals surface area (Å²) in [5, 5.41) is 15.8. The Bertz CT molecular complexity index is 682. The van der Waals surface area contributed by atoms with Crippen molar-refractivity contribution < 1.29 is 19.4 Å². The van der Waals surface area contributed by atoms with E-state index in [0.717, 1.165) is 24.1 Å². The maximum atomic E-state index is 12.4. The van der Waals surface area contributed by atoms with Gasteiger partial charge in [0.1, 0.15) is 12.1 Å². The molecule has 1 aromatic heterocycles. The summed E-state index contributed by atoms with van der Waals surface area (Å²) < 4.78 is 5.45. The third-order valence-electron chi connectivity index (χ3n) is 5.03. The van der Waals surface area contributed by atoms with Crippen molar-refractivity contribution in [1.29, 1.82) is 0 Å². The fourth-order valence-electron chi connectivity index (χ4n) is 2.62. The second-order valence-electron chi connectivity index (χ2n) is 9.31. The van der Waals surface area contributed by atoms with E-state index in [4.69, 9.17) is 4.74 Å². The third-order valence-corrected chi connectivity index (χ3v) is 6.17. The lowest BCUT2D eigenvalue weighted by atomic mass is 9.88. The lowest BCUT2D eigenvalue weighted by Crippen LogP contribution is -2.49. The van der Waals surface area contributed by atoms with Crippen LogP contribution in [0.5, 0.6) is 0 Å². The largest absolute Gasteiger partial charge is 0.383 e. The Morgan fingerprint density at radius 1 is 1.21 bits per heavy atom. The molecular weight excluding hydrogens is 390 g/mol. The normalized spacial score (nSPS) is 15.5. The van der Waals surface area contributed by atoms with E-state index < -0.39 is 23.5 Å². The molecule has 166 valence electrons. The van der Waals surface area contributed by atoms with E-state index in [9.17, 15) is 14.7 Å². The summed E-state index contributed by atoms with van der Waals surface area (Å²) in [7, 11) is 1.73. The Balaban J connectivity index is 2.55. The second kappa shape index (κ2) is 10.5. The Morgan fingerprint density at radius 3 is 2.38 bits per heavy atom. The van der Waals surface area contributed by atoms with Crippen molar-refractivity contribution in [3.05, 3.63) is 11.1 Å². The maximum Gasteiger partial charge on any atom is 0.250 e. The number of hydrogen-bond acceptors (Lipinski definition) is 6. The van der Waals surface area contributed by atoms with E-state index in [1.165, 1.54) is 11.3 Å². The number of thiazole rings is 1. The molecule has 0 aromatic carbocycles. The highest BCUT2D eigenvalue weighted by atomic mass is 32.1. The van der Waals surface area contributed by atoms with Crippen LogP contribution in [0.25, 0.3) is 0 Å². The van der Waals surface area contributed by atoms with E-state index >= 15 is 0 Å². The minimum atomic E-state index is -1.19. The quantitative estimate of drug-likeness (QED) is 0.529. The smallest absolute Gasteiger partial charge is 0.250 e. The lowest BCUT2D eigenvalue weighted by molar-refractivity contribution is -0.137. The van der Waals surface area contributed by atoms with Crippen LogP contribution in [-0.2, 0) is 14.3 Å². The topological polar surface area (TPSA) is 101 Å². The number of ether oxygens (including phenoxy) is 1. The van der Waals surface area contributed by atoms with Crippen LogP contribution in [-0.4, -0.2) is 46.8 Å². The molecule has 0 saturated carbocycles. The molecule has 3 unspecified atom stereocenters. The summed E-state index contributed by atoms with van der Waals surface area (Å²) in [5.74, 6) is -0.590. The highest BCUT2D eigenvalue weighted by molar-refractivity contribution is 7.15. The zero-order valence-corrected chi connectivity index (χ0v) is 19.8. The van der Waals surface area contributed by atoms with Gasteiger partial charge in [-0.15, -0.1) is 11.3 Å². The fraction of sp³-hybridized carbons (Fsp3) is 0.762. The third kappa shape index (κ3) is 8.40. The number of amides is 2. The summed E-state index contributed by atoms with van der Waals surface area (Å²) >= 11 is 1.44. The first-order valence-electron chi connectivity index (χ1n) is 10.1. The van der Waals surface area contributed by atoms with Crippen molar-refractivity contribution in [2.75, 3.05) is 12.4 Å². The number of carbonyl (C=O) groups is 2. The van der Waals surface area contributed by atoms with Crippen LogP contribution in [0.3, 0.4) is 0 Å². The first kappa shape index (κ1) is 25.5. The van der Waals surface area contributed by atoms with Crippen LogP contribution < -0.4 is 10.6 Å². The average molecular weight is 428 g/mol. The number of aromatic nitrogens is 1. The molecule has 0 aliphatic carbocycles. The number of methoxy groups -OCH3 is 1. The molecule has 8 heteroatoms. The molecule has 1 heterocycles. The van der Waals surface area contributed by atoms with E-state index in [-0.39, 0.29) is 11.5 Å². The van der Waals surface area contributed by atoms with Gasteiger partial charge in [-0.3, -0.25) is 9.59 Å². The van der Waals surface area contributed by atoms with Gasteiger partial charge < -0.3 is 20.5 Å². The Morgan fingerprint density at radius 2 is 1.83 bits per heavy atom. The number of anilines is 1. The van der Waals surface area contributed by atoms with Crippen molar-refractivity contribution in [2.24, 2.45) is 5.41 Å². The van der Waals surface area contributed by atoms with Crippen LogP contribution in [0.2, 0.25) is 0 Å². The Hall–Kier alpha value is -1.51. The van der Waals surface area contributed by atoms with Gasteiger partial charge in [-0.25, -0.2) is 4.98 Å². The van der Waals surface area contributed by atoms with Gasteiger partial charge in [0.05, 0.1) is 5.60 Å². The molecule has 29 heavy (non-hydrogen) atoms. The SMILES string of the molecule is COC(C)(C)CCCC(C)c1cnc(NC(=O)C(C)NC(=O)C(O)C(C)(C)C)s1. The van der Waals surface area contributed by atoms with Crippen LogP contribution in [0.1, 0.15) is 78.5 Å². The molecule has 2 amide bonds. The van der Waals surface area contributed by atoms with Crippen LogP contribution in [0.15, 0.2) is 6.20 Å². The number of nitrogens with one attached hydrogen (secondary N) is 2. The van der Waals surface area contributed by atoms with Crippen LogP contribution in [0, 0.1) is 5.41 Å². The predicted molar refractivity (Wildman–Crippen MR) is 117 cm³/mol. The number of aliphatic hydroxyl groups excluding tert-OH is 1. The standard InChI is InChI=1S/C21H37N3O4S/c1-13(10-9-11-21(6,7)28-8)15-12-22-19(29-15)24-17(26)14(2)23-18(27)16(25)20(3,4)5/h12-14,16,25H,9-11H2,1-8H3,(H,23,27)(H,22,24,26). The van der Waals surface area contributed by atoms with Crippen molar-refractivity contribution in [1.82, 2.24) is 10.3 Å². The van der Waals surface area contributed by atoms with Gasteiger partial charge in [0, 0.05) is 18.2 Å². The predicted octanol–water partition coefficient (Wildman–Crippen LogP) is 3.69. The number of carbonyl (C=O) groups excluding carboxylic acids is 2. The molecule has 0 bridgehead atoms. The van der Waals surface area contributed by atoms with Gasteiger partial charge in [0.15, 0.2) is 5.13 Å². The van der Waals surface area contributed by atoms with Gasteiger partial charge >= 0.3 is 0 Å². The number of hydrogen-bond donors (Lipinski definition) is 3. The number of aliphatic hydroxyl groups is 1. The van der Waals surface area contributed by atoms with E-state index in [2.05, 4.69) is 36.4 Å². The summed E-state index contributed by atoms with van der Waals surface area (Å²) in [6.45, 7) is 13.2. The summed E-state index contributed by atoms with van der Waals surface area (Å²) in [6.07, 6.45) is 3.64. The maximum absolute atomic E-state index is 12.4. The zero-order valence-electron chi connectivity index (χ0n) is 19.0. The molecule has 3 N–H and O–H groups in total. The molecular formula is C21H37N3O4S. The molecule has 0 radical (unpaired) electrons. The summed E-state index contributed by atoms with van der Waals surface area (Å²) in [4.78, 5) is 29.8. The molecule has 1 rings (SSSR count). The van der Waals surface area contributed by atoms with Crippen molar-refractivity contribution in [3.8, 4) is 0 Å². The first-order valence-corrected chi connectivity index (χ1v) is 10.9. The zero-order chi connectivity index (χ0) is 22.4. The van der Waals surface area contributed by atoms with Crippen LogP contribution >= 0.6 is 11.3 Å². The highest BCUT2D eigenvalue weighted by Gasteiger charge is 2.31. The van der Waals surface area contributed by atoms with Gasteiger partial charge in [-0.2, -0.15) is 0 Å². The van der Waals surface area contributed by atoms with Gasteiger partial charge in [-0.1, -0.05) is 27.7 Å². The van der Waals surface area contributed by atoms with Gasteiger partial charge in [-0.05, 0) is 51.4 Å². The molecule has 0 fully saturated rings. The number of nitrogens with zero attached hydrogens (tertiary/aromatic N) is 1. The Kier molecular flexibility index (Phi) is 9.24. The van der Waals surface area contributed by atoms with Gasteiger partial charge in [0.2, 0.25) is 11.8 Å². The average Bonchev–Trinajstić information content (AvgIpc) is 3.08. The Labute approximate surface area is 178 Å². The van der Waals surface area contributed by atoms with Gasteiger partial charge in [0.25, 0.3) is 0 Å². The molecule has 0 saturated heterocycles. The highest BCUT2D eigenvalue weighted by Crippen LogP contribution is 2.30. The lowest BCUT2D eigenvalue weighted by Gasteiger charge is -2.26. The molecule has 1 aromatic rings. The molecule has 7 nitrogen and oxygen atoms in total. The first-order chi connectivity index (χ1) is 13.3. The van der Waals surface area contributed by atoms with Crippen molar-refractivity contribution in [2.45, 2.75) is 91.4 Å². The van der Waals surface area contributed by atoms with E-state index in [0.29, 0.717) is 11.0 Å². The summed E-state index contributed by atoms with van der Waals surface area (Å²) in [6, 6.07) is -0.777. The monoisotopic (exact) mass is 427 g/mol. The van der Waals surface area contributed by atoms with E-state index in [1.807, 2.05) is 0 Å². The molecule has 0 aliphatic heterocycles. The van der Waals surface area contributed by atoms with Crippen LogP contribution in [0.4, 0.5) is 5.13 Å². The fourth-order valence-corrected chi connectivity index (χ4v) is 3.52. The molecule has 3 atom stereocenters. The number of rotatable bonds is 10.